The number of carboxylic acid groups (broad SMARTS) is 1. The van der Waals surface area contributed by atoms with E-state index in [1.807, 2.05) is 0 Å². The summed E-state index contributed by atoms with van der Waals surface area (Å²) in [5.41, 5.74) is 0. The van der Waals surface area contributed by atoms with E-state index in [4.69, 9.17) is 14.9 Å². The van der Waals surface area contributed by atoms with Gasteiger partial charge in [-0.25, -0.2) is 0 Å². The van der Waals surface area contributed by atoms with Crippen molar-refractivity contribution in [2.45, 2.75) is 64.2 Å². The number of aliphatic hydroxyl groups excluding tert-OH is 1. The first-order valence-corrected chi connectivity index (χ1v) is 7.15. The van der Waals surface area contributed by atoms with Crippen LogP contribution < -0.4 is 0 Å². The Morgan fingerprint density at radius 1 is 0.789 bits per heavy atom. The summed E-state index contributed by atoms with van der Waals surface area (Å²) in [7, 11) is 0. The Morgan fingerprint density at radius 2 is 1.37 bits per heavy atom. The molecule has 5 heteroatoms. The average Bonchev–Trinajstić information content (AvgIpc) is 2.36. The Hall–Kier alpha value is -1.10. The van der Waals surface area contributed by atoms with E-state index >= 15 is 0 Å². The fourth-order valence-corrected chi connectivity index (χ4v) is 1.74. The van der Waals surface area contributed by atoms with Crippen molar-refractivity contribution in [2.24, 2.45) is 0 Å². The Kier molecular flexibility index (Phi) is 12.6. The van der Waals surface area contributed by atoms with Crippen LogP contribution in [-0.2, 0) is 14.3 Å². The normalized spacial score (nSPS) is 10.4. The molecule has 0 unspecified atom stereocenters. The predicted octanol–water partition coefficient (Wildman–Crippen LogP) is 2.51. The second-order valence-corrected chi connectivity index (χ2v) is 4.67. The van der Waals surface area contributed by atoms with Crippen LogP contribution in [0.1, 0.15) is 64.2 Å². The molecule has 0 aromatic rings. The lowest BCUT2D eigenvalue weighted by Gasteiger charge is -2.04. The van der Waals surface area contributed by atoms with Crippen LogP contribution in [0, 0.1) is 0 Å². The maximum atomic E-state index is 11.2. The molecule has 19 heavy (non-hydrogen) atoms. The molecule has 0 aliphatic rings. The molecule has 112 valence electrons. The molecule has 0 rings (SSSR count). The van der Waals surface area contributed by atoms with Gasteiger partial charge in [0, 0.05) is 19.4 Å². The summed E-state index contributed by atoms with van der Waals surface area (Å²) in [4.78, 5) is 21.4. The first-order chi connectivity index (χ1) is 9.16. The van der Waals surface area contributed by atoms with Crippen LogP contribution in [0.4, 0.5) is 0 Å². The Balaban J connectivity index is 3.16. The first kappa shape index (κ1) is 17.9. The molecule has 0 aliphatic carbocycles. The van der Waals surface area contributed by atoms with E-state index < -0.39 is 5.97 Å². The van der Waals surface area contributed by atoms with E-state index in [2.05, 4.69) is 0 Å². The van der Waals surface area contributed by atoms with Crippen molar-refractivity contribution in [3.8, 4) is 0 Å². The van der Waals surface area contributed by atoms with Crippen molar-refractivity contribution in [1.82, 2.24) is 0 Å². The number of rotatable bonds is 13. The topological polar surface area (TPSA) is 83.8 Å². The highest BCUT2D eigenvalue weighted by Gasteiger charge is 2.04. The van der Waals surface area contributed by atoms with Crippen molar-refractivity contribution in [3.63, 3.8) is 0 Å². The van der Waals surface area contributed by atoms with Crippen LogP contribution in [0.15, 0.2) is 0 Å². The van der Waals surface area contributed by atoms with Crippen molar-refractivity contribution in [2.75, 3.05) is 13.2 Å². The van der Waals surface area contributed by atoms with Crippen molar-refractivity contribution in [1.29, 1.82) is 0 Å². The Morgan fingerprint density at radius 3 is 1.95 bits per heavy atom. The monoisotopic (exact) mass is 274 g/mol. The molecular formula is C14H26O5. The van der Waals surface area contributed by atoms with Gasteiger partial charge in [0.2, 0.25) is 0 Å². The Labute approximate surface area is 115 Å². The highest BCUT2D eigenvalue weighted by atomic mass is 16.5. The van der Waals surface area contributed by atoms with Crippen LogP contribution in [0.3, 0.4) is 0 Å². The number of carbonyl (C=O) groups is 2. The minimum Gasteiger partial charge on any atom is -0.481 e. The van der Waals surface area contributed by atoms with Crippen molar-refractivity contribution in [3.05, 3.63) is 0 Å². The summed E-state index contributed by atoms with van der Waals surface area (Å²) in [6.45, 7) is 0.709. The number of aliphatic carboxylic acids is 1. The number of aliphatic hydroxyl groups is 1. The molecule has 0 aliphatic heterocycles. The van der Waals surface area contributed by atoms with Gasteiger partial charge in [0.15, 0.2) is 0 Å². The molecule has 0 aromatic heterocycles. The van der Waals surface area contributed by atoms with Gasteiger partial charge in [0.25, 0.3) is 0 Å². The van der Waals surface area contributed by atoms with Crippen LogP contribution in [0.2, 0.25) is 0 Å². The second kappa shape index (κ2) is 13.3. The van der Waals surface area contributed by atoms with Gasteiger partial charge in [-0.1, -0.05) is 32.1 Å². The third kappa shape index (κ3) is 14.8. The molecule has 0 saturated carbocycles. The Bertz CT molecular complexity index is 240. The minimum absolute atomic E-state index is 0.0168. The number of unbranched alkanes of at least 4 members (excludes halogenated alkanes) is 6. The zero-order chi connectivity index (χ0) is 14.3. The predicted molar refractivity (Wildman–Crippen MR) is 71.9 cm³/mol. The minimum atomic E-state index is -0.881. The number of hydrogen-bond acceptors (Lipinski definition) is 4. The summed E-state index contributed by atoms with van der Waals surface area (Å²) >= 11 is 0. The number of hydrogen-bond donors (Lipinski definition) is 2. The van der Waals surface area contributed by atoms with Crippen molar-refractivity contribution >= 4 is 11.9 Å². The molecule has 0 spiro atoms. The zero-order valence-electron chi connectivity index (χ0n) is 11.6. The fourth-order valence-electron chi connectivity index (χ4n) is 1.74. The van der Waals surface area contributed by atoms with Gasteiger partial charge < -0.3 is 14.9 Å². The number of carbonyl (C=O) groups excluding carboxylic acids is 1. The van der Waals surface area contributed by atoms with Gasteiger partial charge in [-0.3, -0.25) is 9.59 Å². The second-order valence-electron chi connectivity index (χ2n) is 4.67. The summed E-state index contributed by atoms with van der Waals surface area (Å²) < 4.78 is 5.00. The average molecular weight is 274 g/mol. The van der Waals surface area contributed by atoms with E-state index in [1.165, 1.54) is 0 Å². The molecule has 0 amide bonds. The molecule has 0 radical (unpaired) electrons. The lowest BCUT2D eigenvalue weighted by Crippen LogP contribution is -2.06. The van der Waals surface area contributed by atoms with Crippen LogP contribution in [0.25, 0.3) is 0 Å². The van der Waals surface area contributed by atoms with Gasteiger partial charge in [0.1, 0.15) is 0 Å². The maximum absolute atomic E-state index is 11.2. The highest BCUT2D eigenvalue weighted by molar-refractivity contribution is 5.71. The van der Waals surface area contributed by atoms with E-state index in [1.54, 1.807) is 0 Å². The third-order valence-electron chi connectivity index (χ3n) is 2.84. The van der Waals surface area contributed by atoms with Gasteiger partial charge in [-0.05, 0) is 19.3 Å². The molecule has 2 N–H and O–H groups in total. The first-order valence-electron chi connectivity index (χ1n) is 7.15. The molecular weight excluding hydrogens is 248 g/mol. The third-order valence-corrected chi connectivity index (χ3v) is 2.84. The van der Waals surface area contributed by atoms with Crippen molar-refractivity contribution < 1.29 is 24.5 Å². The van der Waals surface area contributed by atoms with E-state index in [9.17, 15) is 9.59 Å². The van der Waals surface area contributed by atoms with E-state index in [-0.39, 0.29) is 25.4 Å². The number of carboxylic acids is 1. The SMILES string of the molecule is O=C(O)CCCC(=O)OCCCCCCCCCO. The number of ether oxygens (including phenoxy) is 1. The molecule has 0 bridgehead atoms. The van der Waals surface area contributed by atoms with Crippen LogP contribution in [-0.4, -0.2) is 35.4 Å². The van der Waals surface area contributed by atoms with Gasteiger partial charge >= 0.3 is 11.9 Å². The van der Waals surface area contributed by atoms with Crippen LogP contribution >= 0.6 is 0 Å². The van der Waals surface area contributed by atoms with Crippen LogP contribution in [0.5, 0.6) is 0 Å². The molecule has 0 aromatic carbocycles. The van der Waals surface area contributed by atoms with E-state index in [0.717, 1.165) is 44.9 Å². The molecule has 5 nitrogen and oxygen atoms in total. The molecule has 0 fully saturated rings. The summed E-state index contributed by atoms with van der Waals surface area (Å²) in [5.74, 6) is -1.18. The lowest BCUT2D eigenvalue weighted by atomic mass is 10.1. The van der Waals surface area contributed by atoms with Gasteiger partial charge in [-0.2, -0.15) is 0 Å². The summed E-state index contributed by atoms with van der Waals surface area (Å²) in [5, 5.41) is 17.0. The largest absolute Gasteiger partial charge is 0.481 e. The summed E-state index contributed by atoms with van der Waals surface area (Å²) in [6.07, 6.45) is 7.86. The fraction of sp³-hybridized carbons (Fsp3) is 0.857. The molecule has 0 heterocycles. The van der Waals surface area contributed by atoms with Gasteiger partial charge in [0.05, 0.1) is 6.61 Å². The number of esters is 1. The van der Waals surface area contributed by atoms with Gasteiger partial charge in [-0.15, -0.1) is 0 Å². The zero-order valence-corrected chi connectivity index (χ0v) is 11.6. The lowest BCUT2D eigenvalue weighted by molar-refractivity contribution is -0.144. The summed E-state index contributed by atoms with van der Waals surface area (Å²) in [6, 6.07) is 0. The van der Waals surface area contributed by atoms with E-state index in [0.29, 0.717) is 13.0 Å². The smallest absolute Gasteiger partial charge is 0.305 e. The standard InChI is InChI=1S/C14H26O5/c15-11-6-4-2-1-3-5-7-12-19-14(18)10-8-9-13(16)17/h15H,1-12H2,(H,16,17). The quantitative estimate of drug-likeness (QED) is 0.398. The molecule has 0 saturated heterocycles. The molecule has 0 atom stereocenters. The highest BCUT2D eigenvalue weighted by Crippen LogP contribution is 2.07. The maximum Gasteiger partial charge on any atom is 0.305 e.